The zero-order valence-electron chi connectivity index (χ0n) is 13.0. The smallest absolute Gasteiger partial charge is 0.240 e. The van der Waals surface area contributed by atoms with Crippen LogP contribution in [0.3, 0.4) is 0 Å². The molecule has 1 aliphatic carbocycles. The van der Waals surface area contributed by atoms with Crippen LogP contribution >= 0.6 is 12.4 Å². The van der Waals surface area contributed by atoms with E-state index in [9.17, 15) is 4.79 Å². The quantitative estimate of drug-likeness (QED) is 0.896. The first-order valence-corrected chi connectivity index (χ1v) is 7.65. The van der Waals surface area contributed by atoms with Crippen LogP contribution in [-0.4, -0.2) is 18.0 Å². The average molecular weight is 311 g/mol. The number of aryl methyl sites for hydroxylation is 1. The molecule has 0 heterocycles. The van der Waals surface area contributed by atoms with Crippen molar-refractivity contribution in [3.63, 3.8) is 0 Å². The fourth-order valence-corrected chi connectivity index (χ4v) is 2.84. The predicted octanol–water partition coefficient (Wildman–Crippen LogP) is 3.30. The topological polar surface area (TPSA) is 55.1 Å². The summed E-state index contributed by atoms with van der Waals surface area (Å²) in [6.45, 7) is 4.87. The maximum Gasteiger partial charge on any atom is 0.240 e. The summed E-state index contributed by atoms with van der Waals surface area (Å²) in [6.07, 6.45) is 4.97. The number of carbonyl (C=O) groups is 1. The molecule has 0 bridgehead atoms. The van der Waals surface area contributed by atoms with Crippen LogP contribution in [0.2, 0.25) is 0 Å². The van der Waals surface area contributed by atoms with Gasteiger partial charge in [0.05, 0.1) is 5.54 Å². The molecular formula is C17H27ClN2O. The Hall–Kier alpha value is -1.06. The molecule has 1 atom stereocenters. The Balaban J connectivity index is 0.00000220. The highest BCUT2D eigenvalue weighted by atomic mass is 35.5. The van der Waals surface area contributed by atoms with Crippen LogP contribution in [0.25, 0.3) is 0 Å². The molecule has 3 N–H and O–H groups in total. The summed E-state index contributed by atoms with van der Waals surface area (Å²) in [6, 6.07) is 8.48. The van der Waals surface area contributed by atoms with E-state index in [1.165, 1.54) is 17.5 Å². The van der Waals surface area contributed by atoms with Gasteiger partial charge in [-0.25, -0.2) is 0 Å². The van der Waals surface area contributed by atoms with Gasteiger partial charge in [-0.3, -0.25) is 4.79 Å². The molecule has 1 fully saturated rings. The summed E-state index contributed by atoms with van der Waals surface area (Å²) < 4.78 is 0. The van der Waals surface area contributed by atoms with Crippen LogP contribution in [-0.2, 0) is 4.79 Å². The molecule has 0 aromatic heterocycles. The van der Waals surface area contributed by atoms with Gasteiger partial charge in [0.25, 0.3) is 0 Å². The van der Waals surface area contributed by atoms with E-state index < -0.39 is 5.54 Å². The van der Waals surface area contributed by atoms with Gasteiger partial charge in [-0.15, -0.1) is 12.4 Å². The second-order valence-corrected chi connectivity index (χ2v) is 6.24. The van der Waals surface area contributed by atoms with Crippen molar-refractivity contribution in [2.45, 2.75) is 57.4 Å². The minimum absolute atomic E-state index is 0. The van der Waals surface area contributed by atoms with Gasteiger partial charge in [0.1, 0.15) is 0 Å². The van der Waals surface area contributed by atoms with Crippen LogP contribution in [0.5, 0.6) is 0 Å². The van der Waals surface area contributed by atoms with Crippen molar-refractivity contribution in [3.05, 3.63) is 35.4 Å². The van der Waals surface area contributed by atoms with Gasteiger partial charge in [0.2, 0.25) is 5.91 Å². The Morgan fingerprint density at radius 1 is 1.24 bits per heavy atom. The number of amides is 1. The number of rotatable bonds is 4. The summed E-state index contributed by atoms with van der Waals surface area (Å²) in [5.74, 6) is 0.336. The SMILES string of the molecule is Cc1ccc(C(C)CNC(=O)C2(N)CCCCC2)cc1.Cl. The number of nitrogens with two attached hydrogens (primary N) is 1. The normalized spacial score (nSPS) is 18.4. The van der Waals surface area contributed by atoms with E-state index in [0.29, 0.717) is 12.5 Å². The van der Waals surface area contributed by atoms with E-state index in [0.717, 1.165) is 25.7 Å². The van der Waals surface area contributed by atoms with Crippen LogP contribution in [0.4, 0.5) is 0 Å². The highest BCUT2D eigenvalue weighted by Gasteiger charge is 2.35. The number of hydrogen-bond acceptors (Lipinski definition) is 2. The highest BCUT2D eigenvalue weighted by molar-refractivity contribution is 5.86. The molecule has 0 aliphatic heterocycles. The number of halogens is 1. The third kappa shape index (κ3) is 4.72. The lowest BCUT2D eigenvalue weighted by Gasteiger charge is -2.32. The van der Waals surface area contributed by atoms with E-state index in [-0.39, 0.29) is 18.3 Å². The lowest BCUT2D eigenvalue weighted by Crippen LogP contribution is -2.55. The highest BCUT2D eigenvalue weighted by Crippen LogP contribution is 2.26. The average Bonchev–Trinajstić information content (AvgIpc) is 2.46. The Kier molecular flexibility index (Phi) is 6.69. The molecule has 1 unspecified atom stereocenters. The minimum atomic E-state index is -0.634. The van der Waals surface area contributed by atoms with E-state index in [2.05, 4.69) is 43.4 Å². The van der Waals surface area contributed by atoms with E-state index in [4.69, 9.17) is 5.73 Å². The molecule has 3 nitrogen and oxygen atoms in total. The first-order valence-electron chi connectivity index (χ1n) is 7.65. The van der Waals surface area contributed by atoms with Crippen molar-refractivity contribution in [1.82, 2.24) is 5.32 Å². The van der Waals surface area contributed by atoms with Gasteiger partial charge in [-0.1, -0.05) is 56.0 Å². The molecule has 118 valence electrons. The van der Waals surface area contributed by atoms with Gasteiger partial charge < -0.3 is 11.1 Å². The Labute approximate surface area is 134 Å². The summed E-state index contributed by atoms with van der Waals surface area (Å²) in [4.78, 5) is 12.3. The number of benzene rings is 1. The number of hydrogen-bond donors (Lipinski definition) is 2. The van der Waals surface area contributed by atoms with Crippen molar-refractivity contribution >= 4 is 18.3 Å². The van der Waals surface area contributed by atoms with Crippen LogP contribution in [0, 0.1) is 6.92 Å². The maximum atomic E-state index is 12.3. The molecule has 1 aliphatic rings. The molecule has 4 heteroatoms. The van der Waals surface area contributed by atoms with Crippen molar-refractivity contribution < 1.29 is 4.79 Å². The molecular weight excluding hydrogens is 284 g/mol. The molecule has 1 aromatic carbocycles. The van der Waals surface area contributed by atoms with Gasteiger partial charge in [-0.05, 0) is 31.2 Å². The first-order chi connectivity index (χ1) is 9.51. The summed E-state index contributed by atoms with van der Waals surface area (Å²) in [7, 11) is 0. The number of nitrogens with one attached hydrogen (secondary N) is 1. The third-order valence-electron chi connectivity index (χ3n) is 4.41. The molecule has 1 aromatic rings. The van der Waals surface area contributed by atoms with E-state index >= 15 is 0 Å². The Morgan fingerprint density at radius 3 is 2.38 bits per heavy atom. The van der Waals surface area contributed by atoms with Gasteiger partial charge in [-0.2, -0.15) is 0 Å². The summed E-state index contributed by atoms with van der Waals surface area (Å²) in [5, 5.41) is 3.04. The van der Waals surface area contributed by atoms with Gasteiger partial charge in [0.15, 0.2) is 0 Å². The van der Waals surface area contributed by atoms with Crippen LogP contribution in [0.1, 0.15) is 56.1 Å². The van der Waals surface area contributed by atoms with Crippen molar-refractivity contribution in [2.75, 3.05) is 6.54 Å². The molecule has 1 saturated carbocycles. The fourth-order valence-electron chi connectivity index (χ4n) is 2.84. The Bertz CT molecular complexity index is 452. The molecule has 0 spiro atoms. The number of carbonyl (C=O) groups excluding carboxylic acids is 1. The fraction of sp³-hybridized carbons (Fsp3) is 0.588. The third-order valence-corrected chi connectivity index (χ3v) is 4.41. The Morgan fingerprint density at radius 2 is 1.81 bits per heavy atom. The molecule has 2 rings (SSSR count). The first kappa shape index (κ1) is 18.0. The van der Waals surface area contributed by atoms with Gasteiger partial charge in [0, 0.05) is 6.54 Å². The van der Waals surface area contributed by atoms with Crippen molar-refractivity contribution in [3.8, 4) is 0 Å². The van der Waals surface area contributed by atoms with Crippen molar-refractivity contribution in [2.24, 2.45) is 5.73 Å². The molecule has 0 saturated heterocycles. The maximum absolute atomic E-state index is 12.3. The second-order valence-electron chi connectivity index (χ2n) is 6.24. The summed E-state index contributed by atoms with van der Waals surface area (Å²) in [5.41, 5.74) is 8.11. The second kappa shape index (κ2) is 7.81. The van der Waals surface area contributed by atoms with Crippen LogP contribution in [0.15, 0.2) is 24.3 Å². The van der Waals surface area contributed by atoms with E-state index in [1.54, 1.807) is 0 Å². The van der Waals surface area contributed by atoms with Crippen molar-refractivity contribution in [1.29, 1.82) is 0 Å². The monoisotopic (exact) mass is 310 g/mol. The summed E-state index contributed by atoms with van der Waals surface area (Å²) >= 11 is 0. The molecule has 21 heavy (non-hydrogen) atoms. The largest absolute Gasteiger partial charge is 0.354 e. The minimum Gasteiger partial charge on any atom is -0.354 e. The molecule has 0 radical (unpaired) electrons. The predicted molar refractivity (Wildman–Crippen MR) is 89.9 cm³/mol. The zero-order valence-corrected chi connectivity index (χ0v) is 13.8. The lowest BCUT2D eigenvalue weighted by atomic mass is 9.82. The molecule has 1 amide bonds. The van der Waals surface area contributed by atoms with Crippen LogP contribution < -0.4 is 11.1 Å². The lowest BCUT2D eigenvalue weighted by molar-refractivity contribution is -0.127. The standard InChI is InChI=1S/C17H26N2O.ClH/c1-13-6-8-15(9-7-13)14(2)12-19-16(20)17(18)10-4-3-5-11-17;/h6-9,14H,3-5,10-12,18H2,1-2H3,(H,19,20);1H. The van der Waals surface area contributed by atoms with E-state index in [1.807, 2.05) is 0 Å². The zero-order chi connectivity index (χ0) is 14.6. The van der Waals surface area contributed by atoms with Gasteiger partial charge >= 0.3 is 0 Å².